The van der Waals surface area contributed by atoms with E-state index in [1.54, 1.807) is 48.5 Å². The van der Waals surface area contributed by atoms with E-state index >= 15 is 0 Å². The lowest BCUT2D eigenvalue weighted by Crippen LogP contribution is -2.44. The summed E-state index contributed by atoms with van der Waals surface area (Å²) in [6.45, 7) is 1.42. The minimum absolute atomic E-state index is 0.103. The molecule has 0 atom stereocenters. The molecule has 13 heteroatoms. The zero-order chi connectivity index (χ0) is 28.0. The van der Waals surface area contributed by atoms with Crippen LogP contribution < -0.4 is 15.4 Å². The van der Waals surface area contributed by atoms with Crippen molar-refractivity contribution in [3.8, 4) is 5.75 Å². The van der Waals surface area contributed by atoms with Gasteiger partial charge in [0.15, 0.2) is 0 Å². The number of alkyl halides is 3. The van der Waals surface area contributed by atoms with Crippen LogP contribution in [0, 0.1) is 0 Å². The number of carbonyl (C=O) groups is 1. The van der Waals surface area contributed by atoms with Gasteiger partial charge in [-0.15, -0.1) is 11.3 Å². The zero-order valence-electron chi connectivity index (χ0n) is 21.0. The minimum Gasteiger partial charge on any atom is -0.497 e. The van der Waals surface area contributed by atoms with E-state index in [1.165, 1.54) is 23.5 Å². The Morgan fingerprint density at radius 2 is 1.79 bits per heavy atom. The fourth-order valence-corrected chi connectivity index (χ4v) is 7.58. The lowest BCUT2D eigenvalue weighted by molar-refractivity contribution is -0.0328. The summed E-state index contributed by atoms with van der Waals surface area (Å²) in [5.74, 6) is 0.293. The second-order valence-electron chi connectivity index (χ2n) is 8.89. The molecule has 1 aliphatic rings. The van der Waals surface area contributed by atoms with Gasteiger partial charge in [-0.3, -0.25) is 4.79 Å². The molecule has 0 saturated carbocycles. The summed E-state index contributed by atoms with van der Waals surface area (Å²) in [7, 11) is -2.13. The minimum atomic E-state index is -4.31. The van der Waals surface area contributed by atoms with Gasteiger partial charge in [0.2, 0.25) is 0 Å². The number of amides is 1. The number of benzene rings is 2. The van der Waals surface area contributed by atoms with E-state index in [4.69, 9.17) is 4.74 Å². The Hall–Kier alpha value is -2.58. The molecule has 4 rings (SSSR count). The number of piperidine rings is 1. The standard InChI is InChI=1S/C26H28F3N3O4S3/c1-36-21-4-2-3-19(15-21)25(33)31-17-23-9-10-24(37-23)39(34,35)32-13-11-20(12-14-32)30-16-18-5-7-22(8-6-18)38-26(27,28)29/h2-10,15,20,30H,11-14,16-17H2,1H3,(H,31,33). The fourth-order valence-electron chi connectivity index (χ4n) is 4.12. The topological polar surface area (TPSA) is 87.7 Å². The summed E-state index contributed by atoms with van der Waals surface area (Å²) < 4.78 is 70.7. The van der Waals surface area contributed by atoms with Crippen LogP contribution in [-0.2, 0) is 23.1 Å². The molecule has 210 valence electrons. The first kappa shape index (κ1) is 29.4. The number of sulfonamides is 1. The number of nitrogens with one attached hydrogen (secondary N) is 2. The molecule has 2 aromatic carbocycles. The summed E-state index contributed by atoms with van der Waals surface area (Å²) in [6.07, 6.45) is 1.24. The first-order valence-corrected chi connectivity index (χ1v) is 15.2. The molecule has 7 nitrogen and oxygen atoms in total. The number of rotatable bonds is 10. The lowest BCUT2D eigenvalue weighted by atomic mass is 10.1. The predicted molar refractivity (Wildman–Crippen MR) is 145 cm³/mol. The molecule has 3 aromatic rings. The van der Waals surface area contributed by atoms with Crippen molar-refractivity contribution in [2.45, 2.75) is 46.6 Å². The fraction of sp³-hybridized carbons (Fsp3) is 0.346. The Morgan fingerprint density at radius 3 is 2.46 bits per heavy atom. The molecule has 1 saturated heterocycles. The highest BCUT2D eigenvalue weighted by Crippen LogP contribution is 2.36. The van der Waals surface area contributed by atoms with E-state index in [9.17, 15) is 26.4 Å². The average Bonchev–Trinajstić information content (AvgIpc) is 3.41. The molecular formula is C26H28F3N3O4S3. The van der Waals surface area contributed by atoms with Crippen LogP contribution >= 0.6 is 23.1 Å². The third-order valence-corrected chi connectivity index (χ3v) is 10.4. The molecule has 1 amide bonds. The SMILES string of the molecule is COc1cccc(C(=O)NCc2ccc(S(=O)(=O)N3CCC(NCc4ccc(SC(F)(F)F)cc4)CC3)s2)c1. The maximum absolute atomic E-state index is 13.2. The molecular weight excluding hydrogens is 571 g/mol. The molecule has 39 heavy (non-hydrogen) atoms. The molecule has 1 aromatic heterocycles. The van der Waals surface area contributed by atoms with Crippen LogP contribution in [-0.4, -0.2) is 50.4 Å². The van der Waals surface area contributed by atoms with Crippen molar-refractivity contribution < 1.29 is 31.1 Å². The van der Waals surface area contributed by atoms with Gasteiger partial charge in [-0.2, -0.15) is 17.5 Å². The molecule has 0 spiro atoms. The van der Waals surface area contributed by atoms with Crippen LogP contribution in [0.4, 0.5) is 13.2 Å². The van der Waals surface area contributed by atoms with Crippen LogP contribution in [0.1, 0.15) is 33.6 Å². The van der Waals surface area contributed by atoms with Crippen LogP contribution in [0.25, 0.3) is 0 Å². The Bertz CT molecular complexity index is 1370. The molecule has 0 unspecified atom stereocenters. The molecule has 0 radical (unpaired) electrons. The Morgan fingerprint density at radius 1 is 1.08 bits per heavy atom. The van der Waals surface area contributed by atoms with Gasteiger partial charge >= 0.3 is 5.51 Å². The van der Waals surface area contributed by atoms with Crippen molar-refractivity contribution >= 4 is 39.0 Å². The Labute approximate surface area is 233 Å². The number of halogens is 3. The smallest absolute Gasteiger partial charge is 0.446 e. The van der Waals surface area contributed by atoms with E-state index in [0.717, 1.165) is 21.8 Å². The van der Waals surface area contributed by atoms with E-state index in [2.05, 4.69) is 10.6 Å². The number of thiophene rings is 1. The third kappa shape index (κ3) is 8.21. The highest BCUT2D eigenvalue weighted by Gasteiger charge is 2.31. The quantitative estimate of drug-likeness (QED) is 0.310. The summed E-state index contributed by atoms with van der Waals surface area (Å²) in [5.41, 5.74) is -3.00. The van der Waals surface area contributed by atoms with Gasteiger partial charge in [0.1, 0.15) is 9.96 Å². The van der Waals surface area contributed by atoms with E-state index in [-0.39, 0.29) is 39.4 Å². The maximum Gasteiger partial charge on any atom is 0.446 e. The number of hydrogen-bond donors (Lipinski definition) is 2. The number of thioether (sulfide) groups is 1. The molecule has 0 aliphatic carbocycles. The second kappa shape index (κ2) is 12.7. The molecule has 1 aliphatic heterocycles. The van der Waals surface area contributed by atoms with E-state index in [0.29, 0.717) is 43.8 Å². The molecule has 2 heterocycles. The average molecular weight is 600 g/mol. The van der Waals surface area contributed by atoms with Crippen LogP contribution in [0.15, 0.2) is 69.8 Å². The van der Waals surface area contributed by atoms with Gasteiger partial charge in [0.05, 0.1) is 13.7 Å². The molecule has 1 fully saturated rings. The normalized spacial score (nSPS) is 15.3. The van der Waals surface area contributed by atoms with E-state index < -0.39 is 15.5 Å². The van der Waals surface area contributed by atoms with Gasteiger partial charge in [0, 0.05) is 41.0 Å². The second-order valence-corrected chi connectivity index (χ2v) is 13.4. The van der Waals surface area contributed by atoms with Crippen molar-refractivity contribution in [1.82, 2.24) is 14.9 Å². The van der Waals surface area contributed by atoms with Crippen molar-refractivity contribution in [2.24, 2.45) is 0 Å². The molecule has 0 bridgehead atoms. The summed E-state index contributed by atoms with van der Waals surface area (Å²) in [4.78, 5) is 13.3. The van der Waals surface area contributed by atoms with Crippen molar-refractivity contribution in [3.63, 3.8) is 0 Å². The number of methoxy groups -OCH3 is 1. The largest absolute Gasteiger partial charge is 0.497 e. The third-order valence-electron chi connectivity index (χ3n) is 6.19. The van der Waals surface area contributed by atoms with Crippen LogP contribution in [0.3, 0.4) is 0 Å². The van der Waals surface area contributed by atoms with E-state index in [1.807, 2.05) is 0 Å². The monoisotopic (exact) mass is 599 g/mol. The summed E-state index contributed by atoms with van der Waals surface area (Å²) in [6, 6.07) is 16.4. The Balaban J connectivity index is 1.25. The number of nitrogens with zero attached hydrogens (tertiary/aromatic N) is 1. The highest BCUT2D eigenvalue weighted by atomic mass is 32.2. The maximum atomic E-state index is 13.2. The Kier molecular flexibility index (Phi) is 9.60. The summed E-state index contributed by atoms with van der Waals surface area (Å²) in [5, 5.41) is 6.18. The number of ether oxygens (including phenoxy) is 1. The zero-order valence-corrected chi connectivity index (χ0v) is 23.5. The first-order valence-electron chi connectivity index (χ1n) is 12.1. The van der Waals surface area contributed by atoms with Crippen molar-refractivity contribution in [1.29, 1.82) is 0 Å². The van der Waals surface area contributed by atoms with Gasteiger partial charge in [-0.05, 0) is 72.6 Å². The molecule has 2 N–H and O–H groups in total. The van der Waals surface area contributed by atoms with Gasteiger partial charge < -0.3 is 15.4 Å². The van der Waals surface area contributed by atoms with Crippen molar-refractivity contribution in [2.75, 3.05) is 20.2 Å². The first-order chi connectivity index (χ1) is 18.5. The van der Waals surface area contributed by atoms with Crippen LogP contribution in [0.5, 0.6) is 5.75 Å². The number of carbonyl (C=O) groups excluding carboxylic acids is 1. The lowest BCUT2D eigenvalue weighted by Gasteiger charge is -2.31. The summed E-state index contributed by atoms with van der Waals surface area (Å²) >= 11 is 0.991. The van der Waals surface area contributed by atoms with Crippen LogP contribution in [0.2, 0.25) is 0 Å². The van der Waals surface area contributed by atoms with Crippen molar-refractivity contribution in [3.05, 3.63) is 76.7 Å². The highest BCUT2D eigenvalue weighted by molar-refractivity contribution is 8.00. The van der Waals surface area contributed by atoms with Gasteiger partial charge in [-0.1, -0.05) is 18.2 Å². The predicted octanol–water partition coefficient (Wildman–Crippen LogP) is 5.24. The number of hydrogen-bond acceptors (Lipinski definition) is 7. The van der Waals surface area contributed by atoms with Gasteiger partial charge in [0.25, 0.3) is 15.9 Å². The van der Waals surface area contributed by atoms with Gasteiger partial charge in [-0.25, -0.2) is 8.42 Å².